The number of carbonyl (C=O) groups is 1. The third kappa shape index (κ3) is 4.18. The molecule has 28 heavy (non-hydrogen) atoms. The predicted octanol–water partition coefficient (Wildman–Crippen LogP) is 3.38. The van der Waals surface area contributed by atoms with E-state index >= 15 is 0 Å². The van der Waals surface area contributed by atoms with Gasteiger partial charge in [-0.1, -0.05) is 12.1 Å². The van der Waals surface area contributed by atoms with E-state index in [1.165, 1.54) is 30.3 Å². The van der Waals surface area contributed by atoms with Crippen LogP contribution in [0.1, 0.15) is 17.5 Å². The van der Waals surface area contributed by atoms with Crippen LogP contribution in [-0.4, -0.2) is 30.6 Å². The van der Waals surface area contributed by atoms with E-state index in [9.17, 15) is 23.2 Å². The highest BCUT2D eigenvalue weighted by Crippen LogP contribution is 2.42. The second-order valence-electron chi connectivity index (χ2n) is 5.96. The van der Waals surface area contributed by atoms with Crippen molar-refractivity contribution in [2.45, 2.75) is 19.2 Å². The van der Waals surface area contributed by atoms with Gasteiger partial charge in [-0.25, -0.2) is 0 Å². The highest BCUT2D eigenvalue weighted by molar-refractivity contribution is 5.94. The van der Waals surface area contributed by atoms with E-state index in [1.54, 1.807) is 0 Å². The molecular weight excluding hydrogens is 377 g/mol. The first-order valence-electron chi connectivity index (χ1n) is 8.32. The van der Waals surface area contributed by atoms with Gasteiger partial charge in [0.15, 0.2) is 0 Å². The molecule has 2 aromatic rings. The van der Waals surface area contributed by atoms with Gasteiger partial charge in [0, 0.05) is 17.5 Å². The maximum absolute atomic E-state index is 12.3. The molecule has 0 aromatic heterocycles. The minimum Gasteiger partial charge on any atom is -0.492 e. The molecule has 6 nitrogen and oxygen atoms in total. The van der Waals surface area contributed by atoms with E-state index in [1.807, 2.05) is 0 Å². The largest absolute Gasteiger partial charge is 0.573 e. The zero-order valence-electron chi connectivity index (χ0n) is 14.5. The monoisotopic (exact) mass is 392 g/mol. The van der Waals surface area contributed by atoms with Gasteiger partial charge in [0.25, 0.3) is 0 Å². The van der Waals surface area contributed by atoms with Crippen molar-refractivity contribution in [2.24, 2.45) is 0 Å². The van der Waals surface area contributed by atoms with Gasteiger partial charge < -0.3 is 19.9 Å². The molecule has 1 amide bonds. The zero-order valence-corrected chi connectivity index (χ0v) is 14.5. The molecule has 1 aliphatic heterocycles. The Labute approximate surface area is 158 Å². The average molecular weight is 392 g/mol. The number of fused-ring (bicyclic) bond motifs is 1. The van der Waals surface area contributed by atoms with E-state index in [0.717, 1.165) is 0 Å². The first kappa shape index (κ1) is 19.5. The van der Waals surface area contributed by atoms with Crippen LogP contribution in [0.5, 0.6) is 11.5 Å². The lowest BCUT2D eigenvalue weighted by molar-refractivity contribution is -0.274. The first-order chi connectivity index (χ1) is 13.3. The summed E-state index contributed by atoms with van der Waals surface area (Å²) in [5.74, 6) is -0.363. The minimum atomic E-state index is -4.79. The molecule has 1 heterocycles. The van der Waals surface area contributed by atoms with Crippen molar-refractivity contribution in [2.75, 3.05) is 18.5 Å². The van der Waals surface area contributed by atoms with E-state index in [2.05, 4.69) is 16.1 Å². The van der Waals surface area contributed by atoms with Crippen LogP contribution in [0.3, 0.4) is 0 Å². The number of aliphatic hydroxyl groups is 1. The highest BCUT2D eigenvalue weighted by Gasteiger charge is 2.31. The number of hydrogen-bond donors (Lipinski definition) is 2. The Balaban J connectivity index is 2.02. The number of anilines is 1. The van der Waals surface area contributed by atoms with Gasteiger partial charge in [-0.3, -0.25) is 4.79 Å². The lowest BCUT2D eigenvalue weighted by atomic mass is 9.95. The first-order valence-corrected chi connectivity index (χ1v) is 8.32. The number of nitrogens with one attached hydrogen (secondary N) is 1. The predicted molar refractivity (Wildman–Crippen MR) is 92.8 cm³/mol. The summed E-state index contributed by atoms with van der Waals surface area (Å²) >= 11 is 0. The number of rotatable bonds is 5. The molecule has 0 bridgehead atoms. The number of alkyl halides is 3. The van der Waals surface area contributed by atoms with Crippen LogP contribution in [0.15, 0.2) is 30.3 Å². The molecule has 2 N–H and O–H groups in total. The molecule has 0 spiro atoms. The molecular formula is C19H15F3N2O4. The Morgan fingerprint density at radius 2 is 2.04 bits per heavy atom. The number of nitrogens with zero attached hydrogens (tertiary/aromatic N) is 1. The van der Waals surface area contributed by atoms with Gasteiger partial charge in [0.2, 0.25) is 5.91 Å². The summed E-state index contributed by atoms with van der Waals surface area (Å²) in [6.45, 7) is 0.00954. The molecule has 0 unspecified atom stereocenters. The third-order valence-corrected chi connectivity index (χ3v) is 4.10. The molecule has 0 radical (unpaired) electrons. The van der Waals surface area contributed by atoms with Crippen molar-refractivity contribution in [3.63, 3.8) is 0 Å². The summed E-state index contributed by atoms with van der Waals surface area (Å²) in [5.41, 5.74) is 2.21. The number of aliphatic hydroxyl groups excluding tert-OH is 1. The van der Waals surface area contributed by atoms with Crippen molar-refractivity contribution >= 4 is 11.6 Å². The number of amides is 1. The molecule has 2 aromatic carbocycles. The van der Waals surface area contributed by atoms with Crippen LogP contribution >= 0.6 is 0 Å². The molecule has 0 saturated heterocycles. The van der Waals surface area contributed by atoms with Gasteiger partial charge in [-0.05, 0) is 23.8 Å². The second-order valence-corrected chi connectivity index (χ2v) is 5.96. The average Bonchev–Trinajstić information content (AvgIpc) is 3.10. The summed E-state index contributed by atoms with van der Waals surface area (Å²) in [5, 5.41) is 21.0. The van der Waals surface area contributed by atoms with E-state index < -0.39 is 12.3 Å². The van der Waals surface area contributed by atoms with Crippen LogP contribution in [0.25, 0.3) is 11.1 Å². The van der Waals surface area contributed by atoms with E-state index in [4.69, 9.17) is 9.84 Å². The molecule has 0 atom stereocenters. The van der Waals surface area contributed by atoms with Gasteiger partial charge in [-0.2, -0.15) is 5.26 Å². The van der Waals surface area contributed by atoms with Crippen LogP contribution in [0.2, 0.25) is 0 Å². The fraction of sp³-hybridized carbons (Fsp3) is 0.263. The lowest BCUT2D eigenvalue weighted by Crippen LogP contribution is -2.16. The van der Waals surface area contributed by atoms with Crippen LogP contribution < -0.4 is 14.8 Å². The van der Waals surface area contributed by atoms with Crippen LogP contribution in [0, 0.1) is 11.3 Å². The quantitative estimate of drug-likeness (QED) is 0.814. The van der Waals surface area contributed by atoms with Crippen molar-refractivity contribution in [3.8, 4) is 28.7 Å². The third-order valence-electron chi connectivity index (χ3n) is 4.10. The fourth-order valence-corrected chi connectivity index (χ4v) is 2.97. The molecule has 0 fully saturated rings. The molecule has 1 aliphatic rings. The molecule has 3 rings (SSSR count). The second kappa shape index (κ2) is 7.78. The van der Waals surface area contributed by atoms with Gasteiger partial charge >= 0.3 is 6.36 Å². The SMILES string of the molecule is N#Cc1c(NC(=O)CCO)cc(-c2ccc(OC(F)(F)F)cc2)c2c1CCO2. The van der Waals surface area contributed by atoms with Crippen molar-refractivity contribution in [3.05, 3.63) is 41.5 Å². The van der Waals surface area contributed by atoms with Gasteiger partial charge in [0.1, 0.15) is 17.6 Å². The standard InChI is InChI=1S/C19H15F3N2O4/c20-19(21,22)28-12-3-1-11(2-4-12)14-9-16(24-17(26)5-7-25)15(10-23)13-6-8-27-18(13)14/h1-4,9,25H,5-8H2,(H,24,26). The van der Waals surface area contributed by atoms with Crippen LogP contribution in [-0.2, 0) is 11.2 Å². The Kier molecular flexibility index (Phi) is 5.42. The maximum atomic E-state index is 12.3. The summed E-state index contributed by atoms with van der Waals surface area (Å²) in [7, 11) is 0. The summed E-state index contributed by atoms with van der Waals surface area (Å²) < 4.78 is 46.5. The van der Waals surface area contributed by atoms with Gasteiger partial charge in [-0.15, -0.1) is 13.2 Å². The van der Waals surface area contributed by atoms with Crippen molar-refractivity contribution in [1.29, 1.82) is 5.26 Å². The van der Waals surface area contributed by atoms with E-state index in [0.29, 0.717) is 35.5 Å². The van der Waals surface area contributed by atoms with Crippen molar-refractivity contribution in [1.82, 2.24) is 0 Å². The smallest absolute Gasteiger partial charge is 0.492 e. The topological polar surface area (TPSA) is 91.6 Å². The zero-order chi connectivity index (χ0) is 20.3. The number of hydrogen-bond acceptors (Lipinski definition) is 5. The highest BCUT2D eigenvalue weighted by atomic mass is 19.4. The lowest BCUT2D eigenvalue weighted by Gasteiger charge is -2.15. The minimum absolute atomic E-state index is 0.128. The number of halogens is 3. The van der Waals surface area contributed by atoms with E-state index in [-0.39, 0.29) is 30.0 Å². The van der Waals surface area contributed by atoms with Crippen LogP contribution in [0.4, 0.5) is 18.9 Å². The molecule has 9 heteroatoms. The maximum Gasteiger partial charge on any atom is 0.573 e. The fourth-order valence-electron chi connectivity index (χ4n) is 2.97. The molecule has 146 valence electrons. The number of ether oxygens (including phenoxy) is 2. The number of nitriles is 1. The Bertz CT molecular complexity index is 934. The number of carbonyl (C=O) groups excluding carboxylic acids is 1. The van der Waals surface area contributed by atoms with Crippen molar-refractivity contribution < 1.29 is 32.5 Å². The normalized spacial score (nSPS) is 12.7. The summed E-state index contributed by atoms with van der Waals surface area (Å²) in [6, 6.07) is 8.81. The summed E-state index contributed by atoms with van der Waals surface area (Å²) in [6.07, 6.45) is -4.45. The van der Waals surface area contributed by atoms with Gasteiger partial charge in [0.05, 0.1) is 30.9 Å². The Hall–Kier alpha value is -3.25. The molecule has 0 saturated carbocycles. The summed E-state index contributed by atoms with van der Waals surface area (Å²) in [4.78, 5) is 11.9. The molecule has 0 aliphatic carbocycles. The Morgan fingerprint density at radius 3 is 2.64 bits per heavy atom. The Morgan fingerprint density at radius 1 is 1.32 bits per heavy atom. The number of benzene rings is 2.